The highest BCUT2D eigenvalue weighted by atomic mass is 19.4. The third kappa shape index (κ3) is 4.64. The number of allylic oxidation sites excluding steroid dienone is 1. The molecule has 6 rings (SSSR count). The summed E-state index contributed by atoms with van der Waals surface area (Å²) in [7, 11) is 0. The van der Waals surface area contributed by atoms with Crippen LogP contribution in [0.5, 0.6) is 5.88 Å². The lowest BCUT2D eigenvalue weighted by molar-refractivity contribution is -0.141. The second kappa shape index (κ2) is 9.09. The average Bonchev–Trinajstić information content (AvgIpc) is 3.43. The molecule has 0 amide bonds. The zero-order chi connectivity index (χ0) is 26.7. The zero-order valence-electron chi connectivity index (χ0n) is 21.3. The first-order valence-corrected chi connectivity index (χ1v) is 12.6. The number of alkyl halides is 3. The van der Waals surface area contributed by atoms with Crippen molar-refractivity contribution in [2.24, 2.45) is 9.98 Å². The first-order valence-electron chi connectivity index (χ1n) is 12.6. The van der Waals surface area contributed by atoms with Gasteiger partial charge in [0.2, 0.25) is 5.88 Å². The number of hydrogen-bond donors (Lipinski definition) is 0. The Morgan fingerprint density at radius 2 is 2.00 bits per heavy atom. The normalized spacial score (nSPS) is 24.4. The lowest BCUT2D eigenvalue weighted by Gasteiger charge is -2.38. The minimum atomic E-state index is -4.47. The molecule has 38 heavy (non-hydrogen) atoms. The molecule has 2 bridgehead atoms. The highest BCUT2D eigenvalue weighted by Crippen LogP contribution is 2.37. The summed E-state index contributed by atoms with van der Waals surface area (Å²) < 4.78 is 58.1. The fourth-order valence-electron chi connectivity index (χ4n) is 5.26. The Labute approximate surface area is 218 Å². The van der Waals surface area contributed by atoms with Crippen molar-refractivity contribution in [2.45, 2.75) is 51.3 Å². The molecule has 2 saturated heterocycles. The molecule has 0 unspecified atom stereocenters. The minimum Gasteiger partial charge on any atom is -0.475 e. The van der Waals surface area contributed by atoms with Gasteiger partial charge >= 0.3 is 6.18 Å². The summed E-state index contributed by atoms with van der Waals surface area (Å²) >= 11 is 0. The number of nitrogens with zero attached hydrogens (tertiary/aromatic N) is 5. The fourth-order valence-corrected chi connectivity index (χ4v) is 5.26. The van der Waals surface area contributed by atoms with Crippen molar-refractivity contribution in [1.29, 1.82) is 0 Å². The summed E-state index contributed by atoms with van der Waals surface area (Å²) in [6.45, 7) is 7.89. The molecule has 2 atom stereocenters. The number of rotatable bonds is 5. The lowest BCUT2D eigenvalue weighted by atomic mass is 10.1. The van der Waals surface area contributed by atoms with Crippen LogP contribution < -0.4 is 9.64 Å². The van der Waals surface area contributed by atoms with Crippen LogP contribution in [0.3, 0.4) is 0 Å². The van der Waals surface area contributed by atoms with Crippen LogP contribution >= 0.6 is 0 Å². The van der Waals surface area contributed by atoms with Gasteiger partial charge in [0, 0.05) is 30.9 Å². The van der Waals surface area contributed by atoms with Crippen LogP contribution in [0.1, 0.15) is 38.3 Å². The first kappa shape index (κ1) is 24.9. The molecule has 4 aliphatic rings. The third-order valence-electron chi connectivity index (χ3n) is 6.95. The molecule has 0 N–H and O–H groups in total. The van der Waals surface area contributed by atoms with Gasteiger partial charge in [-0.1, -0.05) is 12.1 Å². The van der Waals surface area contributed by atoms with Gasteiger partial charge in [-0.2, -0.15) is 13.2 Å². The van der Waals surface area contributed by atoms with E-state index in [0.29, 0.717) is 35.4 Å². The van der Waals surface area contributed by atoms with Gasteiger partial charge in [-0.3, -0.25) is 9.89 Å². The smallest absolute Gasteiger partial charge is 0.416 e. The summed E-state index contributed by atoms with van der Waals surface area (Å²) in [6.07, 6.45) is -2.20. The van der Waals surface area contributed by atoms with Crippen molar-refractivity contribution >= 4 is 17.4 Å². The van der Waals surface area contributed by atoms with Crippen molar-refractivity contribution in [3.63, 3.8) is 0 Å². The van der Waals surface area contributed by atoms with Crippen LogP contribution in [0.4, 0.5) is 18.9 Å². The molecule has 2 fully saturated rings. The van der Waals surface area contributed by atoms with E-state index in [2.05, 4.69) is 9.88 Å². The zero-order valence-corrected chi connectivity index (χ0v) is 21.3. The molecule has 0 radical (unpaired) electrons. The van der Waals surface area contributed by atoms with E-state index in [9.17, 15) is 13.2 Å². The largest absolute Gasteiger partial charge is 0.475 e. The highest BCUT2D eigenvalue weighted by molar-refractivity contribution is 6.31. The number of amidine groups is 2. The van der Waals surface area contributed by atoms with Crippen LogP contribution in [0.2, 0.25) is 0 Å². The quantitative estimate of drug-likeness (QED) is 0.566. The first-order chi connectivity index (χ1) is 18.1. The SMILES string of the molecule is CC1=C2C(=N[C@H]3CCN2C3)N(c2ccnc(OC[C@@H]3COC(C)(C)O3)c2)C(c2cccc(C(F)(F)F)c2)=N1. The molecule has 11 heteroatoms. The van der Waals surface area contributed by atoms with Crippen LogP contribution in [0.15, 0.2) is 64.0 Å². The molecule has 0 aliphatic carbocycles. The third-order valence-corrected chi connectivity index (χ3v) is 6.95. The number of anilines is 1. The highest BCUT2D eigenvalue weighted by Gasteiger charge is 2.40. The van der Waals surface area contributed by atoms with Crippen molar-refractivity contribution in [2.75, 3.05) is 31.2 Å². The van der Waals surface area contributed by atoms with Gasteiger partial charge in [0.25, 0.3) is 0 Å². The number of benzene rings is 1. The number of fused-ring (bicyclic) bond motifs is 4. The summed E-state index contributed by atoms with van der Waals surface area (Å²) in [6, 6.07) is 8.86. The summed E-state index contributed by atoms with van der Waals surface area (Å²) in [5, 5.41) is 0. The minimum absolute atomic E-state index is 0.116. The molecule has 8 nitrogen and oxygen atoms in total. The van der Waals surface area contributed by atoms with Crippen LogP contribution in [0.25, 0.3) is 0 Å². The second-order valence-corrected chi connectivity index (χ2v) is 10.2. The lowest BCUT2D eigenvalue weighted by Crippen LogP contribution is -2.48. The Bertz CT molecular complexity index is 1350. The van der Waals surface area contributed by atoms with Crippen LogP contribution in [0, 0.1) is 0 Å². The fraction of sp³-hybridized carbons (Fsp3) is 0.444. The molecule has 2 aromatic rings. The Kier molecular flexibility index (Phi) is 5.95. The van der Waals surface area contributed by atoms with E-state index in [1.54, 1.807) is 24.4 Å². The van der Waals surface area contributed by atoms with E-state index in [4.69, 9.17) is 24.2 Å². The summed E-state index contributed by atoms with van der Waals surface area (Å²) in [5.74, 6) is 0.726. The summed E-state index contributed by atoms with van der Waals surface area (Å²) in [5.41, 5.74) is 1.86. The number of pyridine rings is 1. The van der Waals surface area contributed by atoms with Crippen molar-refractivity contribution in [3.8, 4) is 5.88 Å². The van der Waals surface area contributed by atoms with Gasteiger partial charge in [-0.05, 0) is 45.4 Å². The van der Waals surface area contributed by atoms with Gasteiger partial charge in [-0.25, -0.2) is 9.98 Å². The molecular formula is C27H28F3N5O3. The monoisotopic (exact) mass is 527 g/mol. The van der Waals surface area contributed by atoms with Crippen molar-refractivity contribution < 1.29 is 27.4 Å². The number of aromatic nitrogens is 1. The van der Waals surface area contributed by atoms with E-state index in [1.807, 2.05) is 25.7 Å². The van der Waals surface area contributed by atoms with Gasteiger partial charge in [0.1, 0.15) is 24.2 Å². The number of aliphatic imine (C=N–C) groups is 2. The van der Waals surface area contributed by atoms with Crippen LogP contribution in [-0.4, -0.2) is 65.8 Å². The Hall–Kier alpha value is -3.44. The van der Waals surface area contributed by atoms with Gasteiger partial charge in [0.05, 0.1) is 29.6 Å². The molecule has 4 aliphatic heterocycles. The van der Waals surface area contributed by atoms with E-state index >= 15 is 0 Å². The van der Waals surface area contributed by atoms with Crippen molar-refractivity contribution in [1.82, 2.24) is 9.88 Å². The number of hydrogen-bond acceptors (Lipinski definition) is 8. The van der Waals surface area contributed by atoms with Gasteiger partial charge in [0.15, 0.2) is 11.6 Å². The average molecular weight is 528 g/mol. The molecule has 1 aromatic heterocycles. The Morgan fingerprint density at radius 3 is 2.76 bits per heavy atom. The Morgan fingerprint density at radius 1 is 1.16 bits per heavy atom. The Balaban J connectivity index is 1.39. The van der Waals surface area contributed by atoms with E-state index < -0.39 is 17.5 Å². The standard InChI is InChI=1S/C27H28F3N5O3/c1-16-23-25(33-19-8-10-34(23)13-19)35(24(32-16)17-5-4-6-18(11-17)27(28,29)30)20-7-9-31-22(12-20)36-14-21-15-37-26(2,3)38-21/h4-7,9,11-12,19,21H,8,10,13-15H2,1-3H3/t19-,21+/m0/s1. The maximum Gasteiger partial charge on any atom is 0.416 e. The number of halogens is 3. The van der Waals surface area contributed by atoms with Gasteiger partial charge < -0.3 is 19.1 Å². The van der Waals surface area contributed by atoms with Crippen molar-refractivity contribution in [3.05, 3.63) is 65.1 Å². The molecular weight excluding hydrogens is 499 g/mol. The molecule has 0 spiro atoms. The van der Waals surface area contributed by atoms with E-state index in [1.165, 1.54) is 6.07 Å². The molecule has 5 heterocycles. The predicted molar refractivity (Wildman–Crippen MR) is 135 cm³/mol. The predicted octanol–water partition coefficient (Wildman–Crippen LogP) is 4.62. The van der Waals surface area contributed by atoms with Crippen LogP contribution in [-0.2, 0) is 15.7 Å². The molecule has 200 valence electrons. The summed E-state index contributed by atoms with van der Waals surface area (Å²) in [4.78, 5) is 18.2. The number of ether oxygens (including phenoxy) is 3. The topological polar surface area (TPSA) is 71.8 Å². The van der Waals surface area contributed by atoms with E-state index in [-0.39, 0.29) is 18.8 Å². The maximum absolute atomic E-state index is 13.6. The molecule has 0 saturated carbocycles. The van der Waals surface area contributed by atoms with E-state index in [0.717, 1.165) is 43.0 Å². The molecule has 1 aromatic carbocycles. The second-order valence-electron chi connectivity index (χ2n) is 10.2. The van der Waals surface area contributed by atoms with Gasteiger partial charge in [-0.15, -0.1) is 0 Å². The maximum atomic E-state index is 13.6.